The maximum absolute atomic E-state index is 12.8. The number of unbranched alkanes of at least 4 members (excludes halogenated alkanes) is 49. The number of hydrogen-bond acceptors (Lipinski definition) is 7. The summed E-state index contributed by atoms with van der Waals surface area (Å²) < 4.78 is 34.6. The highest BCUT2D eigenvalue weighted by molar-refractivity contribution is 7.47. The molecule has 0 fully saturated rings. The first-order chi connectivity index (χ1) is 39.5. The largest absolute Gasteiger partial charge is 0.472 e. The van der Waals surface area contributed by atoms with E-state index < -0.39 is 26.5 Å². The number of phosphoric ester groups is 1. The lowest BCUT2D eigenvalue weighted by Gasteiger charge is -2.24. The molecule has 9 nitrogen and oxygen atoms in total. The second kappa shape index (κ2) is 63.0. The summed E-state index contributed by atoms with van der Waals surface area (Å²) in [5.74, 6) is -0.788. The van der Waals surface area contributed by atoms with E-state index in [2.05, 4.69) is 38.2 Å². The summed E-state index contributed by atoms with van der Waals surface area (Å²) in [6.45, 7) is 4.46. The number of carbonyl (C=O) groups is 2. The Hall–Kier alpha value is -1.51. The van der Waals surface area contributed by atoms with Crippen molar-refractivity contribution in [3.63, 3.8) is 0 Å². The Labute approximate surface area is 504 Å². The molecule has 0 rings (SSSR count). The fraction of sp³-hybridized carbons (Fsp3) is 0.915. The van der Waals surface area contributed by atoms with Crippen LogP contribution in [0.15, 0.2) is 24.3 Å². The van der Waals surface area contributed by atoms with E-state index in [1.54, 1.807) is 0 Å². The first-order valence-electron chi connectivity index (χ1n) is 35.6. The van der Waals surface area contributed by atoms with Crippen LogP contribution in [0.4, 0.5) is 0 Å². The Kier molecular flexibility index (Phi) is 61.8. The first-order valence-corrected chi connectivity index (χ1v) is 37.1. The fourth-order valence-electron chi connectivity index (χ4n) is 10.8. The number of likely N-dealkylation sites (N-methyl/N-ethyl adjacent to an activating group) is 1. The summed E-state index contributed by atoms with van der Waals surface area (Å²) in [5, 5.41) is 0. The summed E-state index contributed by atoms with van der Waals surface area (Å²) in [6.07, 6.45) is 78.9. The highest BCUT2D eigenvalue weighted by atomic mass is 31.2. The van der Waals surface area contributed by atoms with Crippen LogP contribution in [0, 0.1) is 0 Å². The molecule has 0 aromatic carbocycles. The maximum atomic E-state index is 12.8. The zero-order valence-corrected chi connectivity index (χ0v) is 55.7. The van der Waals surface area contributed by atoms with Crippen molar-refractivity contribution in [3.8, 4) is 0 Å². The number of rotatable bonds is 67. The van der Waals surface area contributed by atoms with Crippen molar-refractivity contribution in [2.24, 2.45) is 0 Å². The lowest BCUT2D eigenvalue weighted by Crippen LogP contribution is -2.37. The minimum Gasteiger partial charge on any atom is -0.462 e. The number of phosphoric acid groups is 1. The van der Waals surface area contributed by atoms with Crippen LogP contribution in [0.2, 0.25) is 0 Å². The Morgan fingerprint density at radius 1 is 0.383 bits per heavy atom. The minimum absolute atomic E-state index is 0.0324. The number of nitrogens with zero attached hydrogens (tertiary/aromatic N) is 1. The van der Waals surface area contributed by atoms with Crippen molar-refractivity contribution in [3.05, 3.63) is 24.3 Å². The van der Waals surface area contributed by atoms with Gasteiger partial charge in [0.1, 0.15) is 19.8 Å². The lowest BCUT2D eigenvalue weighted by molar-refractivity contribution is -0.870. The fourth-order valence-corrected chi connectivity index (χ4v) is 11.5. The summed E-state index contributed by atoms with van der Waals surface area (Å²) in [4.78, 5) is 35.8. The van der Waals surface area contributed by atoms with Gasteiger partial charge in [0, 0.05) is 12.8 Å². The molecule has 0 aromatic rings. The molecule has 0 aliphatic heterocycles. The Bertz CT molecular complexity index is 1420. The molecular formula is C71H139NO8P+. The lowest BCUT2D eigenvalue weighted by atomic mass is 10.0. The summed E-state index contributed by atoms with van der Waals surface area (Å²) in [5.41, 5.74) is 0. The molecule has 2 unspecified atom stereocenters. The average molecular weight is 1170 g/mol. The molecule has 0 amide bonds. The maximum Gasteiger partial charge on any atom is 0.472 e. The van der Waals surface area contributed by atoms with Crippen molar-refractivity contribution in [1.29, 1.82) is 0 Å². The summed E-state index contributed by atoms with van der Waals surface area (Å²) >= 11 is 0. The standard InChI is InChI=1S/C71H138NO8P/c1-6-8-10-12-14-16-18-20-22-24-25-26-27-28-29-30-31-32-33-34-35-36-37-38-39-40-41-42-43-44-45-46-48-49-51-53-55-57-59-61-63-70(73)77-67-69(68-79-81(75,76)78-66-65-72(3,4)5)80-71(74)64-62-60-58-56-54-52-50-47-23-21-19-17-15-13-11-9-7-2/h15,17,21,23,69H,6-14,16,18-20,22,24-68H2,1-5H3/p+1/b17-15-,23-21-. The van der Waals surface area contributed by atoms with Crippen molar-refractivity contribution in [2.45, 2.75) is 373 Å². The number of ether oxygens (including phenoxy) is 2. The first kappa shape index (κ1) is 79.5. The van der Waals surface area contributed by atoms with Crippen LogP contribution in [0.1, 0.15) is 367 Å². The van der Waals surface area contributed by atoms with Gasteiger partial charge in [-0.3, -0.25) is 18.6 Å². The number of quaternary nitrogens is 1. The topological polar surface area (TPSA) is 108 Å². The Balaban J connectivity index is 3.83. The van der Waals surface area contributed by atoms with E-state index in [-0.39, 0.29) is 25.6 Å². The minimum atomic E-state index is -4.39. The van der Waals surface area contributed by atoms with Crippen LogP contribution in [-0.2, 0) is 32.7 Å². The van der Waals surface area contributed by atoms with E-state index in [0.29, 0.717) is 23.9 Å². The van der Waals surface area contributed by atoms with Gasteiger partial charge in [-0.25, -0.2) is 4.57 Å². The third-order valence-electron chi connectivity index (χ3n) is 16.2. The van der Waals surface area contributed by atoms with Gasteiger partial charge in [-0.2, -0.15) is 0 Å². The number of hydrogen-bond donors (Lipinski definition) is 1. The van der Waals surface area contributed by atoms with E-state index in [1.165, 1.54) is 283 Å². The zero-order valence-electron chi connectivity index (χ0n) is 54.8. The van der Waals surface area contributed by atoms with Crippen LogP contribution >= 0.6 is 7.82 Å². The van der Waals surface area contributed by atoms with Crippen LogP contribution in [0.25, 0.3) is 0 Å². The summed E-state index contributed by atoms with van der Waals surface area (Å²) in [6, 6.07) is 0. The predicted octanol–water partition coefficient (Wildman–Crippen LogP) is 22.9. The molecule has 480 valence electrons. The third kappa shape index (κ3) is 67.5. The van der Waals surface area contributed by atoms with Crippen LogP contribution in [0.3, 0.4) is 0 Å². The van der Waals surface area contributed by atoms with Gasteiger partial charge in [-0.1, -0.05) is 334 Å². The molecule has 0 spiro atoms. The molecule has 0 saturated carbocycles. The van der Waals surface area contributed by atoms with E-state index >= 15 is 0 Å². The molecule has 2 atom stereocenters. The van der Waals surface area contributed by atoms with Gasteiger partial charge in [-0.15, -0.1) is 0 Å². The van der Waals surface area contributed by atoms with Crippen molar-refractivity contribution < 1.29 is 42.1 Å². The van der Waals surface area contributed by atoms with Gasteiger partial charge < -0.3 is 18.9 Å². The van der Waals surface area contributed by atoms with Crippen LogP contribution < -0.4 is 0 Å². The van der Waals surface area contributed by atoms with Crippen LogP contribution in [-0.4, -0.2) is 74.9 Å². The molecule has 0 aliphatic rings. The van der Waals surface area contributed by atoms with E-state index in [4.69, 9.17) is 18.5 Å². The van der Waals surface area contributed by atoms with Crippen molar-refractivity contribution in [2.75, 3.05) is 47.5 Å². The normalized spacial score (nSPS) is 13.2. The molecular weight excluding hydrogens is 1030 g/mol. The van der Waals surface area contributed by atoms with Gasteiger partial charge in [0.25, 0.3) is 0 Å². The van der Waals surface area contributed by atoms with Crippen LogP contribution in [0.5, 0.6) is 0 Å². The molecule has 10 heteroatoms. The SMILES string of the molecule is CCCCC/C=C\C/C=C\CCCCCCCCCC(=O)OC(COC(=O)CCCCCCCCCCCCCCCCCCCCCCCCCCCCCCCCCCCCCCCCCC)COP(=O)(O)OCC[N+](C)(C)C. The molecule has 0 bridgehead atoms. The third-order valence-corrected chi connectivity index (χ3v) is 17.2. The quantitative estimate of drug-likeness (QED) is 0.0211. The summed E-state index contributed by atoms with van der Waals surface area (Å²) in [7, 11) is 1.49. The molecule has 0 saturated heterocycles. The molecule has 0 radical (unpaired) electrons. The number of allylic oxidation sites excluding steroid dienone is 4. The van der Waals surface area contributed by atoms with Gasteiger partial charge in [0.15, 0.2) is 6.10 Å². The van der Waals surface area contributed by atoms with Gasteiger partial charge in [0.2, 0.25) is 0 Å². The molecule has 0 aromatic heterocycles. The zero-order chi connectivity index (χ0) is 59.1. The number of esters is 2. The molecule has 81 heavy (non-hydrogen) atoms. The van der Waals surface area contributed by atoms with E-state index in [1.807, 2.05) is 21.1 Å². The smallest absolute Gasteiger partial charge is 0.462 e. The molecule has 0 heterocycles. The average Bonchev–Trinajstić information content (AvgIpc) is 3.43. The Morgan fingerprint density at radius 2 is 0.667 bits per heavy atom. The second-order valence-electron chi connectivity index (χ2n) is 25.6. The van der Waals surface area contributed by atoms with Gasteiger partial charge in [-0.05, 0) is 44.9 Å². The molecule has 1 N–H and O–H groups in total. The monoisotopic (exact) mass is 1170 g/mol. The van der Waals surface area contributed by atoms with Crippen molar-refractivity contribution in [1.82, 2.24) is 0 Å². The van der Waals surface area contributed by atoms with Gasteiger partial charge >= 0.3 is 19.8 Å². The van der Waals surface area contributed by atoms with E-state index in [0.717, 1.165) is 51.4 Å². The predicted molar refractivity (Wildman–Crippen MR) is 349 cm³/mol. The Morgan fingerprint density at radius 3 is 1.00 bits per heavy atom. The highest BCUT2D eigenvalue weighted by Gasteiger charge is 2.27. The van der Waals surface area contributed by atoms with Crippen molar-refractivity contribution >= 4 is 19.8 Å². The number of carbonyl (C=O) groups excluding carboxylic acids is 2. The molecule has 0 aliphatic carbocycles. The highest BCUT2D eigenvalue weighted by Crippen LogP contribution is 2.43. The van der Waals surface area contributed by atoms with Gasteiger partial charge in [0.05, 0.1) is 27.7 Å². The van der Waals surface area contributed by atoms with E-state index in [9.17, 15) is 19.0 Å². The second-order valence-corrected chi connectivity index (χ2v) is 27.1.